The second-order valence-corrected chi connectivity index (χ2v) is 7.96. The van der Waals surface area contributed by atoms with E-state index in [-0.39, 0.29) is 42.7 Å². The molecule has 2 aliphatic rings. The average Bonchev–Trinajstić information content (AvgIpc) is 3.41. The molecule has 1 aliphatic carbocycles. The standard InChI is InChI=1S/C21H26F2N4O.ClH/c1-26-12-15(9-25-26)18-10-24-11-19(18)21(28)27(17-4-2-3-5-17)13-14-6-7-16(22)8-20(14)23;/h6-9,12,17-19,24H,2-5,10-11,13H2,1H3;1H/t18-,19+;/m1./s1. The predicted molar refractivity (Wildman–Crippen MR) is 109 cm³/mol. The van der Waals surface area contributed by atoms with Crippen LogP contribution in [0.4, 0.5) is 8.78 Å². The molecule has 29 heavy (non-hydrogen) atoms. The second-order valence-electron chi connectivity index (χ2n) is 7.96. The Hall–Kier alpha value is -1.99. The molecule has 1 saturated heterocycles. The van der Waals surface area contributed by atoms with Crippen molar-refractivity contribution >= 4 is 18.3 Å². The van der Waals surface area contributed by atoms with Gasteiger partial charge < -0.3 is 10.2 Å². The van der Waals surface area contributed by atoms with Crippen LogP contribution >= 0.6 is 12.4 Å². The largest absolute Gasteiger partial charge is 0.335 e. The smallest absolute Gasteiger partial charge is 0.228 e. The molecule has 0 bridgehead atoms. The first-order valence-corrected chi connectivity index (χ1v) is 9.96. The number of benzene rings is 1. The molecule has 1 amide bonds. The summed E-state index contributed by atoms with van der Waals surface area (Å²) in [5.74, 6) is -1.29. The van der Waals surface area contributed by atoms with E-state index in [1.165, 1.54) is 12.1 Å². The quantitative estimate of drug-likeness (QED) is 0.800. The number of carbonyl (C=O) groups is 1. The summed E-state index contributed by atoms with van der Waals surface area (Å²) in [4.78, 5) is 15.4. The van der Waals surface area contributed by atoms with Crippen molar-refractivity contribution in [3.05, 3.63) is 53.4 Å². The number of rotatable bonds is 5. The van der Waals surface area contributed by atoms with Crippen LogP contribution < -0.4 is 5.32 Å². The molecule has 1 aliphatic heterocycles. The van der Waals surface area contributed by atoms with E-state index in [0.29, 0.717) is 12.1 Å². The summed E-state index contributed by atoms with van der Waals surface area (Å²) < 4.78 is 29.3. The van der Waals surface area contributed by atoms with Crippen molar-refractivity contribution in [2.45, 2.75) is 44.2 Å². The lowest BCUT2D eigenvalue weighted by molar-refractivity contribution is -0.138. The van der Waals surface area contributed by atoms with Crippen LogP contribution in [0.25, 0.3) is 0 Å². The van der Waals surface area contributed by atoms with Gasteiger partial charge in [-0.3, -0.25) is 9.48 Å². The summed E-state index contributed by atoms with van der Waals surface area (Å²) in [6, 6.07) is 3.71. The van der Waals surface area contributed by atoms with Crippen molar-refractivity contribution in [3.63, 3.8) is 0 Å². The molecule has 1 aromatic heterocycles. The Morgan fingerprint density at radius 3 is 2.69 bits per heavy atom. The van der Waals surface area contributed by atoms with E-state index < -0.39 is 11.6 Å². The minimum atomic E-state index is -0.600. The SMILES string of the molecule is Cl.Cn1cc([C@H]2CNC[C@@H]2C(=O)N(Cc2ccc(F)cc2F)C2CCCC2)cn1. The predicted octanol–water partition coefficient (Wildman–Crippen LogP) is 3.39. The fourth-order valence-corrected chi connectivity index (χ4v) is 4.57. The summed E-state index contributed by atoms with van der Waals surface area (Å²) in [6.45, 7) is 1.52. The second kappa shape index (κ2) is 9.22. The van der Waals surface area contributed by atoms with Crippen molar-refractivity contribution in [2.75, 3.05) is 13.1 Å². The number of halogens is 3. The molecule has 1 aromatic carbocycles. The molecular formula is C21H27ClF2N4O. The van der Waals surface area contributed by atoms with Gasteiger partial charge in [-0.1, -0.05) is 18.9 Å². The van der Waals surface area contributed by atoms with Crippen LogP contribution in [0.2, 0.25) is 0 Å². The van der Waals surface area contributed by atoms with Crippen LogP contribution in [0.1, 0.15) is 42.7 Å². The zero-order valence-electron chi connectivity index (χ0n) is 16.5. The molecule has 0 spiro atoms. The van der Waals surface area contributed by atoms with Gasteiger partial charge in [0.2, 0.25) is 5.91 Å². The van der Waals surface area contributed by atoms with Crippen LogP contribution in [-0.4, -0.2) is 39.7 Å². The van der Waals surface area contributed by atoms with Crippen LogP contribution in [0, 0.1) is 17.6 Å². The molecule has 8 heteroatoms. The lowest BCUT2D eigenvalue weighted by Crippen LogP contribution is -2.43. The maximum Gasteiger partial charge on any atom is 0.228 e. The lowest BCUT2D eigenvalue weighted by Gasteiger charge is -2.33. The monoisotopic (exact) mass is 424 g/mol. The Morgan fingerprint density at radius 2 is 2.03 bits per heavy atom. The highest BCUT2D eigenvalue weighted by atomic mass is 35.5. The number of amides is 1. The van der Waals surface area contributed by atoms with Crippen LogP contribution in [0.5, 0.6) is 0 Å². The molecule has 2 atom stereocenters. The number of nitrogens with one attached hydrogen (secondary N) is 1. The molecule has 4 rings (SSSR count). The van der Waals surface area contributed by atoms with Crippen molar-refractivity contribution in [1.82, 2.24) is 20.0 Å². The first-order chi connectivity index (χ1) is 13.5. The topological polar surface area (TPSA) is 50.2 Å². The van der Waals surface area contributed by atoms with Gasteiger partial charge in [0.15, 0.2) is 0 Å². The minimum absolute atomic E-state index is 0. The van der Waals surface area contributed by atoms with Crippen LogP contribution in [0.3, 0.4) is 0 Å². The van der Waals surface area contributed by atoms with Gasteiger partial charge in [-0.2, -0.15) is 5.10 Å². The van der Waals surface area contributed by atoms with Crippen molar-refractivity contribution in [2.24, 2.45) is 13.0 Å². The number of nitrogens with zero attached hydrogens (tertiary/aromatic N) is 3. The van der Waals surface area contributed by atoms with E-state index in [1.54, 1.807) is 4.68 Å². The molecule has 1 N–H and O–H groups in total. The number of hydrogen-bond donors (Lipinski definition) is 1. The molecular weight excluding hydrogens is 398 g/mol. The van der Waals surface area contributed by atoms with Gasteiger partial charge in [-0.05, 0) is 24.5 Å². The van der Waals surface area contributed by atoms with Gasteiger partial charge in [0.1, 0.15) is 11.6 Å². The van der Waals surface area contributed by atoms with Crippen LogP contribution in [-0.2, 0) is 18.4 Å². The summed E-state index contributed by atoms with van der Waals surface area (Å²) in [7, 11) is 1.87. The van der Waals surface area contributed by atoms with Crippen molar-refractivity contribution in [1.29, 1.82) is 0 Å². The maximum absolute atomic E-state index is 14.3. The minimum Gasteiger partial charge on any atom is -0.335 e. The van der Waals surface area contributed by atoms with E-state index in [2.05, 4.69) is 10.4 Å². The number of aromatic nitrogens is 2. The average molecular weight is 425 g/mol. The summed E-state index contributed by atoms with van der Waals surface area (Å²) in [6.07, 6.45) is 7.80. The summed E-state index contributed by atoms with van der Waals surface area (Å²) in [5, 5.41) is 7.57. The Balaban J connectivity index is 0.00000240. The van der Waals surface area contributed by atoms with E-state index >= 15 is 0 Å². The molecule has 158 valence electrons. The third-order valence-electron chi connectivity index (χ3n) is 6.09. The third-order valence-corrected chi connectivity index (χ3v) is 6.09. The van der Waals surface area contributed by atoms with Crippen molar-refractivity contribution < 1.29 is 13.6 Å². The normalized spacial score (nSPS) is 21.9. The highest BCUT2D eigenvalue weighted by molar-refractivity contribution is 5.85. The highest BCUT2D eigenvalue weighted by Gasteiger charge is 2.39. The molecule has 5 nitrogen and oxygen atoms in total. The number of carbonyl (C=O) groups excluding carboxylic acids is 1. The number of aryl methyl sites for hydroxylation is 1. The van der Waals surface area contributed by atoms with Crippen molar-refractivity contribution in [3.8, 4) is 0 Å². The van der Waals surface area contributed by atoms with Gasteiger partial charge in [0.05, 0.1) is 12.1 Å². The molecule has 2 heterocycles. The van der Waals surface area contributed by atoms with Gasteiger partial charge in [0, 0.05) is 56.5 Å². The Bertz CT molecular complexity index is 853. The highest BCUT2D eigenvalue weighted by Crippen LogP contribution is 2.33. The first-order valence-electron chi connectivity index (χ1n) is 9.96. The van der Waals surface area contributed by atoms with Gasteiger partial charge >= 0.3 is 0 Å². The summed E-state index contributed by atoms with van der Waals surface area (Å²) in [5.41, 5.74) is 1.41. The fraction of sp³-hybridized carbons (Fsp3) is 0.524. The van der Waals surface area contributed by atoms with Gasteiger partial charge in [0.25, 0.3) is 0 Å². The fourth-order valence-electron chi connectivity index (χ4n) is 4.57. The lowest BCUT2D eigenvalue weighted by atomic mass is 9.89. The van der Waals surface area contributed by atoms with E-state index in [0.717, 1.165) is 43.9 Å². The van der Waals surface area contributed by atoms with E-state index in [4.69, 9.17) is 0 Å². The zero-order valence-corrected chi connectivity index (χ0v) is 17.3. The van der Waals surface area contributed by atoms with Gasteiger partial charge in [-0.15, -0.1) is 12.4 Å². The van der Waals surface area contributed by atoms with E-state index in [9.17, 15) is 13.6 Å². The van der Waals surface area contributed by atoms with E-state index in [1.807, 2.05) is 24.3 Å². The first kappa shape index (κ1) is 21.7. The van der Waals surface area contributed by atoms with Crippen LogP contribution in [0.15, 0.2) is 30.6 Å². The molecule has 2 fully saturated rings. The maximum atomic E-state index is 14.3. The number of hydrogen-bond acceptors (Lipinski definition) is 3. The molecule has 0 unspecified atom stereocenters. The zero-order chi connectivity index (χ0) is 19.7. The Morgan fingerprint density at radius 1 is 1.28 bits per heavy atom. The Labute approximate surface area is 175 Å². The third kappa shape index (κ3) is 4.61. The Kier molecular flexibility index (Phi) is 6.90. The summed E-state index contributed by atoms with van der Waals surface area (Å²) >= 11 is 0. The molecule has 2 aromatic rings. The molecule has 1 saturated carbocycles. The molecule has 0 radical (unpaired) electrons. The van der Waals surface area contributed by atoms with Gasteiger partial charge in [-0.25, -0.2) is 8.78 Å².